The fraction of sp³-hybridized carbons (Fsp3) is 0.941. The van der Waals surface area contributed by atoms with Gasteiger partial charge >= 0.3 is 0 Å². The van der Waals surface area contributed by atoms with Crippen molar-refractivity contribution in [2.75, 3.05) is 19.4 Å². The third-order valence-corrected chi connectivity index (χ3v) is 6.98. The molecule has 2 N–H and O–H groups in total. The highest BCUT2D eigenvalue weighted by molar-refractivity contribution is 7.99. The van der Waals surface area contributed by atoms with Crippen LogP contribution >= 0.6 is 11.8 Å². The number of nitrogens with zero attached hydrogens (tertiary/aromatic N) is 1. The molecule has 22 heavy (non-hydrogen) atoms. The maximum atomic E-state index is 5.88. The topological polar surface area (TPSA) is 45.7 Å². The zero-order chi connectivity index (χ0) is 15.7. The minimum atomic E-state index is 0.203. The van der Waals surface area contributed by atoms with E-state index in [1.165, 1.54) is 31.4 Å². The zero-order valence-corrected chi connectivity index (χ0v) is 15.2. The molecule has 0 aromatic heterocycles. The van der Waals surface area contributed by atoms with Crippen LogP contribution in [0.1, 0.15) is 46.5 Å². The summed E-state index contributed by atoms with van der Waals surface area (Å²) in [6.45, 7) is 7.80. The number of hydrogen-bond acceptors (Lipinski definition) is 3. The predicted molar refractivity (Wildman–Crippen MR) is 94.6 cm³/mol. The van der Waals surface area contributed by atoms with Gasteiger partial charge in [-0.1, -0.05) is 20.8 Å². The average molecular weight is 326 g/mol. The van der Waals surface area contributed by atoms with Crippen LogP contribution in [-0.4, -0.2) is 48.8 Å². The van der Waals surface area contributed by atoms with E-state index < -0.39 is 0 Å². The van der Waals surface area contributed by atoms with Crippen LogP contribution in [0.25, 0.3) is 0 Å². The zero-order valence-electron chi connectivity index (χ0n) is 14.4. The molecule has 0 aromatic rings. The lowest BCUT2D eigenvalue weighted by molar-refractivity contribution is -0.106. The first kappa shape index (κ1) is 16.4. The summed E-state index contributed by atoms with van der Waals surface area (Å²) in [4.78, 5) is 4.47. The molecular formula is C17H31N3OS. The Bertz CT molecular complexity index is 426. The second-order valence-corrected chi connectivity index (χ2v) is 9.07. The molecule has 5 heteroatoms. The number of nitrogens with one attached hydrogen (secondary N) is 2. The van der Waals surface area contributed by atoms with Crippen molar-refractivity contribution < 1.29 is 4.74 Å². The molecule has 2 aliphatic carbocycles. The van der Waals surface area contributed by atoms with E-state index in [0.717, 1.165) is 17.8 Å². The first-order chi connectivity index (χ1) is 10.6. The molecule has 5 atom stereocenters. The highest BCUT2D eigenvalue weighted by Crippen LogP contribution is 2.52. The normalized spacial score (nSPS) is 40.2. The van der Waals surface area contributed by atoms with Crippen molar-refractivity contribution in [1.29, 1.82) is 0 Å². The number of aliphatic imine (C=N–C) groups is 1. The molecule has 4 nitrogen and oxygen atoms in total. The fourth-order valence-electron chi connectivity index (χ4n) is 4.59. The summed E-state index contributed by atoms with van der Waals surface area (Å²) in [7, 11) is 1.89. The van der Waals surface area contributed by atoms with E-state index in [4.69, 9.17) is 4.74 Å². The second kappa shape index (κ2) is 6.60. The molecule has 1 aliphatic heterocycles. The Labute approximate surface area is 139 Å². The summed E-state index contributed by atoms with van der Waals surface area (Å²) in [5.74, 6) is 2.86. The minimum Gasteiger partial charge on any atom is -0.377 e. The number of hydrogen-bond donors (Lipinski definition) is 2. The first-order valence-electron chi connectivity index (χ1n) is 8.79. The molecule has 0 aromatic carbocycles. The summed E-state index contributed by atoms with van der Waals surface area (Å²) >= 11 is 2.10. The number of ether oxygens (including phenoxy) is 1. The molecular weight excluding hydrogens is 294 g/mol. The Morgan fingerprint density at radius 2 is 2.09 bits per heavy atom. The molecule has 3 fully saturated rings. The van der Waals surface area contributed by atoms with Crippen LogP contribution in [0.5, 0.6) is 0 Å². The van der Waals surface area contributed by atoms with Crippen molar-refractivity contribution in [3.8, 4) is 0 Å². The van der Waals surface area contributed by atoms with Gasteiger partial charge in [0, 0.05) is 42.3 Å². The standard InChI is InChI=1S/C17H31N3OS/c1-5-22-12-7-6-11(10-12)19-16(18-4)20-14-13-8-9-21-15(13)17(14,2)3/h11-15H,5-10H2,1-4H3,(H2,18,19,20). The van der Waals surface area contributed by atoms with Crippen LogP contribution in [0, 0.1) is 11.3 Å². The van der Waals surface area contributed by atoms with E-state index in [1.54, 1.807) is 0 Å². The average Bonchev–Trinajstić information content (AvgIpc) is 3.11. The van der Waals surface area contributed by atoms with Crippen LogP contribution in [0.15, 0.2) is 4.99 Å². The van der Waals surface area contributed by atoms with Crippen LogP contribution in [0.2, 0.25) is 0 Å². The number of rotatable bonds is 4. The van der Waals surface area contributed by atoms with E-state index >= 15 is 0 Å². The van der Waals surface area contributed by atoms with Gasteiger partial charge in [0.25, 0.3) is 0 Å². The summed E-state index contributed by atoms with van der Waals surface area (Å²) in [5.41, 5.74) is 0.203. The van der Waals surface area contributed by atoms with E-state index in [2.05, 4.69) is 48.2 Å². The highest BCUT2D eigenvalue weighted by atomic mass is 32.2. The Kier molecular flexibility index (Phi) is 4.93. The predicted octanol–water partition coefficient (Wildman–Crippen LogP) is 2.64. The number of fused-ring (bicyclic) bond motifs is 1. The molecule has 1 saturated heterocycles. The van der Waals surface area contributed by atoms with Crippen LogP contribution in [0.4, 0.5) is 0 Å². The maximum absolute atomic E-state index is 5.88. The Morgan fingerprint density at radius 1 is 1.27 bits per heavy atom. The molecule has 0 amide bonds. The van der Waals surface area contributed by atoms with Gasteiger partial charge in [-0.3, -0.25) is 4.99 Å². The Hall–Kier alpha value is -0.420. The van der Waals surface area contributed by atoms with E-state index in [9.17, 15) is 0 Å². The third kappa shape index (κ3) is 2.99. The molecule has 3 aliphatic rings. The lowest BCUT2D eigenvalue weighted by Gasteiger charge is -2.55. The molecule has 0 bridgehead atoms. The van der Waals surface area contributed by atoms with Crippen molar-refractivity contribution in [3.05, 3.63) is 0 Å². The van der Waals surface area contributed by atoms with Gasteiger partial charge in [0.05, 0.1) is 6.10 Å². The van der Waals surface area contributed by atoms with Crippen molar-refractivity contribution in [3.63, 3.8) is 0 Å². The van der Waals surface area contributed by atoms with Gasteiger partial charge < -0.3 is 15.4 Å². The summed E-state index contributed by atoms with van der Waals surface area (Å²) < 4.78 is 5.88. The quantitative estimate of drug-likeness (QED) is 0.616. The summed E-state index contributed by atoms with van der Waals surface area (Å²) in [5, 5.41) is 8.17. The lowest BCUT2D eigenvalue weighted by atomic mass is 9.57. The van der Waals surface area contributed by atoms with E-state index in [-0.39, 0.29) is 5.41 Å². The SMILES string of the molecule is CCSC1CCC(NC(=NC)NC2C3CCOC3C2(C)C)C1. The molecule has 2 saturated carbocycles. The van der Waals surface area contributed by atoms with E-state index in [0.29, 0.717) is 24.1 Å². The van der Waals surface area contributed by atoms with Gasteiger partial charge in [-0.05, 0) is 31.4 Å². The minimum absolute atomic E-state index is 0.203. The van der Waals surface area contributed by atoms with E-state index in [1.807, 2.05) is 7.05 Å². The molecule has 5 unspecified atom stereocenters. The van der Waals surface area contributed by atoms with Crippen LogP contribution in [0.3, 0.4) is 0 Å². The largest absolute Gasteiger partial charge is 0.377 e. The summed E-state index contributed by atoms with van der Waals surface area (Å²) in [6.07, 6.45) is 5.48. The smallest absolute Gasteiger partial charge is 0.191 e. The van der Waals surface area contributed by atoms with Gasteiger partial charge in [-0.15, -0.1) is 0 Å². The van der Waals surface area contributed by atoms with Crippen molar-refractivity contribution in [2.45, 2.75) is 69.9 Å². The maximum Gasteiger partial charge on any atom is 0.191 e. The van der Waals surface area contributed by atoms with Gasteiger partial charge in [0.1, 0.15) is 0 Å². The van der Waals surface area contributed by atoms with Crippen molar-refractivity contribution in [1.82, 2.24) is 10.6 Å². The summed E-state index contributed by atoms with van der Waals surface area (Å²) in [6, 6.07) is 1.06. The lowest BCUT2D eigenvalue weighted by Crippen LogP contribution is -2.68. The molecule has 0 spiro atoms. The molecule has 126 valence electrons. The first-order valence-corrected chi connectivity index (χ1v) is 9.84. The second-order valence-electron chi connectivity index (χ2n) is 7.49. The number of thioether (sulfide) groups is 1. The fourth-order valence-corrected chi connectivity index (χ4v) is 5.73. The van der Waals surface area contributed by atoms with Crippen LogP contribution in [-0.2, 0) is 4.74 Å². The van der Waals surface area contributed by atoms with Gasteiger partial charge in [-0.2, -0.15) is 11.8 Å². The van der Waals surface area contributed by atoms with Gasteiger partial charge in [0.15, 0.2) is 5.96 Å². The van der Waals surface area contributed by atoms with Gasteiger partial charge in [0.2, 0.25) is 0 Å². The van der Waals surface area contributed by atoms with Crippen LogP contribution < -0.4 is 10.6 Å². The highest BCUT2D eigenvalue weighted by Gasteiger charge is 2.59. The third-order valence-electron chi connectivity index (χ3n) is 5.74. The molecule has 1 heterocycles. The number of guanidine groups is 1. The van der Waals surface area contributed by atoms with Crippen molar-refractivity contribution >= 4 is 17.7 Å². The Morgan fingerprint density at radius 3 is 2.82 bits per heavy atom. The Balaban J connectivity index is 1.53. The monoisotopic (exact) mass is 325 g/mol. The van der Waals surface area contributed by atoms with Gasteiger partial charge in [-0.25, -0.2) is 0 Å². The molecule has 0 radical (unpaired) electrons. The molecule has 3 rings (SSSR count). The van der Waals surface area contributed by atoms with Crippen molar-refractivity contribution in [2.24, 2.45) is 16.3 Å².